The molecule has 18 heavy (non-hydrogen) atoms. The number of nitrogens with one attached hydrogen (secondary N) is 1. The molecule has 0 saturated carbocycles. The number of rotatable bonds is 4. The maximum absolute atomic E-state index is 12.0. The van der Waals surface area contributed by atoms with E-state index in [0.717, 1.165) is 25.1 Å². The SMILES string of the molecule is CC(C(=O)NCc1ccco1)N1CCCC1C#N. The first-order valence-corrected chi connectivity index (χ1v) is 6.18. The Bertz CT molecular complexity index is 436. The van der Waals surface area contributed by atoms with Crippen LogP contribution in [0.5, 0.6) is 0 Å². The molecule has 1 aromatic rings. The summed E-state index contributed by atoms with van der Waals surface area (Å²) >= 11 is 0. The van der Waals surface area contributed by atoms with Gasteiger partial charge < -0.3 is 9.73 Å². The monoisotopic (exact) mass is 247 g/mol. The van der Waals surface area contributed by atoms with Crippen molar-refractivity contribution in [3.63, 3.8) is 0 Å². The van der Waals surface area contributed by atoms with E-state index in [0.29, 0.717) is 6.54 Å². The number of carbonyl (C=O) groups excluding carboxylic acids is 1. The van der Waals surface area contributed by atoms with Crippen molar-refractivity contribution < 1.29 is 9.21 Å². The van der Waals surface area contributed by atoms with Gasteiger partial charge in [-0.3, -0.25) is 9.69 Å². The van der Waals surface area contributed by atoms with Gasteiger partial charge in [-0.25, -0.2) is 0 Å². The Balaban J connectivity index is 1.87. The van der Waals surface area contributed by atoms with Crippen molar-refractivity contribution in [3.05, 3.63) is 24.2 Å². The molecule has 2 rings (SSSR count). The fraction of sp³-hybridized carbons (Fsp3) is 0.538. The summed E-state index contributed by atoms with van der Waals surface area (Å²) in [6, 6.07) is 5.45. The third-order valence-electron chi connectivity index (χ3n) is 3.34. The second-order valence-electron chi connectivity index (χ2n) is 4.50. The van der Waals surface area contributed by atoms with Gasteiger partial charge in [-0.05, 0) is 31.9 Å². The molecule has 5 nitrogen and oxygen atoms in total. The molecule has 1 saturated heterocycles. The van der Waals surface area contributed by atoms with Gasteiger partial charge in [-0.1, -0.05) is 0 Å². The predicted octanol–water partition coefficient (Wildman–Crippen LogP) is 1.27. The minimum atomic E-state index is -0.271. The molecular weight excluding hydrogens is 230 g/mol. The van der Waals surface area contributed by atoms with Crippen molar-refractivity contribution in [2.24, 2.45) is 0 Å². The van der Waals surface area contributed by atoms with Crippen LogP contribution in [0.15, 0.2) is 22.8 Å². The number of furan rings is 1. The molecule has 2 unspecified atom stereocenters. The van der Waals surface area contributed by atoms with Gasteiger partial charge in [0.1, 0.15) is 5.76 Å². The number of amides is 1. The van der Waals surface area contributed by atoms with Gasteiger partial charge in [0.2, 0.25) is 5.91 Å². The van der Waals surface area contributed by atoms with Crippen molar-refractivity contribution in [2.75, 3.05) is 6.54 Å². The summed E-state index contributed by atoms with van der Waals surface area (Å²) in [6.45, 7) is 3.04. The number of nitrogens with zero attached hydrogens (tertiary/aromatic N) is 2. The molecule has 2 heterocycles. The molecule has 1 fully saturated rings. The van der Waals surface area contributed by atoms with E-state index in [2.05, 4.69) is 11.4 Å². The zero-order valence-corrected chi connectivity index (χ0v) is 10.4. The molecule has 0 bridgehead atoms. The highest BCUT2D eigenvalue weighted by molar-refractivity contribution is 5.81. The maximum Gasteiger partial charge on any atom is 0.237 e. The molecular formula is C13H17N3O2. The Kier molecular flexibility index (Phi) is 4.00. The van der Waals surface area contributed by atoms with Crippen LogP contribution in [0.4, 0.5) is 0 Å². The molecule has 0 aliphatic carbocycles. The highest BCUT2D eigenvalue weighted by atomic mass is 16.3. The molecule has 1 aromatic heterocycles. The topological polar surface area (TPSA) is 69.3 Å². The first-order chi connectivity index (χ1) is 8.72. The number of hydrogen-bond donors (Lipinski definition) is 1. The van der Waals surface area contributed by atoms with Crippen LogP contribution >= 0.6 is 0 Å². The van der Waals surface area contributed by atoms with E-state index in [1.54, 1.807) is 12.3 Å². The van der Waals surface area contributed by atoms with Crippen LogP contribution in [0, 0.1) is 11.3 Å². The zero-order chi connectivity index (χ0) is 13.0. The van der Waals surface area contributed by atoms with E-state index >= 15 is 0 Å². The molecule has 2 atom stereocenters. The second-order valence-corrected chi connectivity index (χ2v) is 4.50. The van der Waals surface area contributed by atoms with E-state index in [1.807, 2.05) is 17.9 Å². The summed E-state index contributed by atoms with van der Waals surface area (Å²) in [5.41, 5.74) is 0. The van der Waals surface area contributed by atoms with E-state index < -0.39 is 0 Å². The second kappa shape index (κ2) is 5.69. The third-order valence-corrected chi connectivity index (χ3v) is 3.34. The Hall–Kier alpha value is -1.80. The van der Waals surface area contributed by atoms with Gasteiger partial charge in [-0.2, -0.15) is 5.26 Å². The third kappa shape index (κ3) is 2.71. The van der Waals surface area contributed by atoms with Gasteiger partial charge >= 0.3 is 0 Å². The van der Waals surface area contributed by atoms with Crippen molar-refractivity contribution >= 4 is 5.91 Å². The molecule has 5 heteroatoms. The van der Waals surface area contributed by atoms with Gasteiger partial charge in [0.05, 0.1) is 31.0 Å². The summed E-state index contributed by atoms with van der Waals surface area (Å²) in [5, 5.41) is 11.8. The molecule has 1 aliphatic heterocycles. The number of nitriles is 1. The Morgan fingerprint density at radius 3 is 3.28 bits per heavy atom. The molecule has 1 N–H and O–H groups in total. The van der Waals surface area contributed by atoms with Gasteiger partial charge in [0.25, 0.3) is 0 Å². The quantitative estimate of drug-likeness (QED) is 0.870. The lowest BCUT2D eigenvalue weighted by atomic mass is 10.2. The molecule has 96 valence electrons. The van der Waals surface area contributed by atoms with Gasteiger partial charge in [-0.15, -0.1) is 0 Å². The van der Waals surface area contributed by atoms with E-state index in [1.165, 1.54) is 0 Å². The molecule has 1 aliphatic rings. The van der Waals surface area contributed by atoms with Crippen LogP contribution in [0.25, 0.3) is 0 Å². The van der Waals surface area contributed by atoms with E-state index in [-0.39, 0.29) is 18.0 Å². The molecule has 0 aromatic carbocycles. The summed E-state index contributed by atoms with van der Waals surface area (Å²) < 4.78 is 5.15. The van der Waals surface area contributed by atoms with Crippen molar-refractivity contribution in [1.82, 2.24) is 10.2 Å². The van der Waals surface area contributed by atoms with Crippen molar-refractivity contribution in [3.8, 4) is 6.07 Å². The van der Waals surface area contributed by atoms with Crippen LogP contribution < -0.4 is 5.32 Å². The normalized spacial score (nSPS) is 21.4. The maximum atomic E-state index is 12.0. The predicted molar refractivity (Wildman–Crippen MR) is 65.4 cm³/mol. The van der Waals surface area contributed by atoms with Crippen LogP contribution in [-0.2, 0) is 11.3 Å². The van der Waals surface area contributed by atoms with E-state index in [4.69, 9.17) is 9.68 Å². The molecule has 0 spiro atoms. The number of likely N-dealkylation sites (tertiary alicyclic amines) is 1. The van der Waals surface area contributed by atoms with Crippen LogP contribution in [0.3, 0.4) is 0 Å². The molecule has 1 amide bonds. The summed E-state index contributed by atoms with van der Waals surface area (Å²) in [4.78, 5) is 13.9. The Labute approximate surface area is 106 Å². The van der Waals surface area contributed by atoms with Crippen LogP contribution in [0.2, 0.25) is 0 Å². The minimum Gasteiger partial charge on any atom is -0.467 e. The fourth-order valence-corrected chi connectivity index (χ4v) is 2.28. The smallest absolute Gasteiger partial charge is 0.237 e. The van der Waals surface area contributed by atoms with Crippen molar-refractivity contribution in [2.45, 2.75) is 38.4 Å². The van der Waals surface area contributed by atoms with Crippen LogP contribution in [0.1, 0.15) is 25.5 Å². The highest BCUT2D eigenvalue weighted by Crippen LogP contribution is 2.19. The number of carbonyl (C=O) groups is 1. The fourth-order valence-electron chi connectivity index (χ4n) is 2.28. The van der Waals surface area contributed by atoms with Gasteiger partial charge in [0.15, 0.2) is 0 Å². The summed E-state index contributed by atoms with van der Waals surface area (Å²) in [7, 11) is 0. The van der Waals surface area contributed by atoms with Crippen LogP contribution in [-0.4, -0.2) is 29.4 Å². The zero-order valence-electron chi connectivity index (χ0n) is 10.4. The standard InChI is InChI=1S/C13H17N3O2/c1-10(16-6-2-4-11(16)8-14)13(17)15-9-12-5-3-7-18-12/h3,5,7,10-11H,2,4,6,9H2,1H3,(H,15,17). The molecule has 0 radical (unpaired) electrons. The highest BCUT2D eigenvalue weighted by Gasteiger charge is 2.31. The largest absolute Gasteiger partial charge is 0.467 e. The average molecular weight is 247 g/mol. The van der Waals surface area contributed by atoms with Gasteiger partial charge in [0, 0.05) is 6.54 Å². The summed E-state index contributed by atoms with van der Waals surface area (Å²) in [6.07, 6.45) is 3.41. The lowest BCUT2D eigenvalue weighted by Gasteiger charge is -2.25. The lowest BCUT2D eigenvalue weighted by molar-refractivity contribution is -0.126. The van der Waals surface area contributed by atoms with E-state index in [9.17, 15) is 4.79 Å². The average Bonchev–Trinajstić information content (AvgIpc) is 3.05. The Morgan fingerprint density at radius 2 is 2.61 bits per heavy atom. The Morgan fingerprint density at radius 1 is 1.78 bits per heavy atom. The summed E-state index contributed by atoms with van der Waals surface area (Å²) in [5.74, 6) is 0.669. The first-order valence-electron chi connectivity index (χ1n) is 6.18. The number of hydrogen-bond acceptors (Lipinski definition) is 4. The lowest BCUT2D eigenvalue weighted by Crippen LogP contribution is -2.46. The first kappa shape index (κ1) is 12.7. The minimum absolute atomic E-state index is 0.0615. The van der Waals surface area contributed by atoms with Crippen molar-refractivity contribution in [1.29, 1.82) is 5.26 Å².